The van der Waals surface area contributed by atoms with Crippen molar-refractivity contribution in [2.24, 2.45) is 0 Å². The maximum absolute atomic E-state index is 10.6. The molecule has 0 saturated carbocycles. The highest BCUT2D eigenvalue weighted by molar-refractivity contribution is 5.88. The van der Waals surface area contributed by atoms with Crippen molar-refractivity contribution in [2.45, 2.75) is 6.92 Å². The Morgan fingerprint density at radius 2 is 2.10 bits per heavy atom. The molecule has 0 bridgehead atoms. The molecule has 0 heterocycles. The second kappa shape index (κ2) is 3.01. The fraction of sp³-hybridized carbons (Fsp3) is 0.125. The number of anilines is 1. The van der Waals surface area contributed by atoms with Crippen molar-refractivity contribution in [3.63, 3.8) is 0 Å². The number of benzene rings is 1. The quantitative estimate of drug-likeness (QED) is 0.626. The van der Waals surface area contributed by atoms with Crippen LogP contribution in [0.15, 0.2) is 30.3 Å². The van der Waals surface area contributed by atoms with Crippen molar-refractivity contribution >= 4 is 11.6 Å². The van der Waals surface area contributed by atoms with E-state index in [9.17, 15) is 4.79 Å². The van der Waals surface area contributed by atoms with Crippen LogP contribution in [0.4, 0.5) is 5.69 Å². The number of carbonyl (C=O) groups excluding carboxylic acids is 1. The number of amides is 1. The molecule has 0 spiro atoms. The molecule has 0 aliphatic rings. The van der Waals surface area contributed by atoms with Crippen LogP contribution in [0.5, 0.6) is 0 Å². The Bertz CT molecular complexity index is 292. The van der Waals surface area contributed by atoms with Gasteiger partial charge < -0.3 is 5.32 Å². The van der Waals surface area contributed by atoms with Gasteiger partial charge in [0.05, 0.1) is 2.74 Å². The zero-order valence-electron chi connectivity index (χ0n) is 7.64. The minimum Gasteiger partial charge on any atom is -0.326 e. The molecule has 10 heavy (non-hydrogen) atoms. The molecule has 1 amide bonds. The Morgan fingerprint density at radius 1 is 1.50 bits per heavy atom. The van der Waals surface area contributed by atoms with Gasteiger partial charge in [-0.2, -0.15) is 0 Å². The SMILES string of the molecule is [2H]c1cccc([2H])c1NC(C)=O. The first kappa shape index (κ1) is 4.50. The van der Waals surface area contributed by atoms with Crippen molar-refractivity contribution in [1.82, 2.24) is 0 Å². The minimum absolute atomic E-state index is 0.165. The first-order valence-corrected chi connectivity index (χ1v) is 2.95. The Morgan fingerprint density at radius 3 is 2.60 bits per heavy atom. The van der Waals surface area contributed by atoms with Crippen LogP contribution in [0.25, 0.3) is 0 Å². The molecule has 0 aliphatic heterocycles. The average molecular weight is 137 g/mol. The van der Waals surface area contributed by atoms with Gasteiger partial charge >= 0.3 is 0 Å². The van der Waals surface area contributed by atoms with E-state index in [0.29, 0.717) is 0 Å². The van der Waals surface area contributed by atoms with E-state index in [1.165, 1.54) is 19.1 Å². The molecule has 1 aromatic carbocycles. The van der Waals surface area contributed by atoms with E-state index in [1.54, 1.807) is 6.07 Å². The Labute approximate surface area is 62.7 Å². The van der Waals surface area contributed by atoms with Crippen LogP contribution >= 0.6 is 0 Å². The van der Waals surface area contributed by atoms with Gasteiger partial charge in [-0.15, -0.1) is 0 Å². The van der Waals surface area contributed by atoms with Crippen LogP contribution in [0.3, 0.4) is 0 Å². The zero-order valence-corrected chi connectivity index (χ0v) is 5.64. The van der Waals surface area contributed by atoms with E-state index < -0.39 is 0 Å². The number of rotatable bonds is 1. The molecule has 1 rings (SSSR count). The summed E-state index contributed by atoms with van der Waals surface area (Å²) in [6, 6.07) is 5.00. The summed E-state index contributed by atoms with van der Waals surface area (Å²) in [7, 11) is 0. The predicted molar refractivity (Wildman–Crippen MR) is 40.7 cm³/mol. The van der Waals surface area contributed by atoms with Crippen LogP contribution in [0, 0.1) is 0 Å². The van der Waals surface area contributed by atoms with E-state index in [0.717, 1.165) is 0 Å². The summed E-state index contributed by atoms with van der Waals surface area (Å²) in [5.74, 6) is -0.261. The monoisotopic (exact) mass is 137 g/mol. The molecule has 0 aliphatic carbocycles. The van der Waals surface area contributed by atoms with Crippen LogP contribution < -0.4 is 5.32 Å². The maximum Gasteiger partial charge on any atom is 0.221 e. The van der Waals surface area contributed by atoms with Crippen LogP contribution in [0.2, 0.25) is 0 Å². The lowest BCUT2D eigenvalue weighted by atomic mass is 10.3. The second-order valence-corrected chi connectivity index (χ2v) is 1.87. The topological polar surface area (TPSA) is 29.1 Å². The highest BCUT2D eigenvalue weighted by Crippen LogP contribution is 2.03. The first-order chi connectivity index (χ1) is 5.61. The van der Waals surface area contributed by atoms with Gasteiger partial charge in [-0.1, -0.05) is 18.2 Å². The van der Waals surface area contributed by atoms with Gasteiger partial charge in [-0.25, -0.2) is 0 Å². The van der Waals surface area contributed by atoms with Gasteiger partial charge in [0.25, 0.3) is 0 Å². The maximum atomic E-state index is 10.6. The third-order valence-electron chi connectivity index (χ3n) is 0.949. The molecule has 0 aromatic heterocycles. The number of hydrogen-bond donors (Lipinski definition) is 1. The average Bonchev–Trinajstić information content (AvgIpc) is 1.97. The summed E-state index contributed by atoms with van der Waals surface area (Å²) in [6.45, 7) is 1.35. The summed E-state index contributed by atoms with van der Waals surface area (Å²) < 4.78 is 14.7. The van der Waals surface area contributed by atoms with Crippen LogP contribution in [0.1, 0.15) is 9.67 Å². The smallest absolute Gasteiger partial charge is 0.221 e. The number of carbonyl (C=O) groups is 1. The van der Waals surface area contributed by atoms with Gasteiger partial charge in [0, 0.05) is 12.6 Å². The molecule has 1 aromatic rings. The largest absolute Gasteiger partial charge is 0.326 e. The number of para-hydroxylation sites is 1. The molecule has 0 unspecified atom stereocenters. The van der Waals surface area contributed by atoms with Crippen molar-refractivity contribution in [3.8, 4) is 0 Å². The van der Waals surface area contributed by atoms with Crippen molar-refractivity contribution < 1.29 is 7.54 Å². The van der Waals surface area contributed by atoms with Crippen LogP contribution in [-0.2, 0) is 4.79 Å². The molecule has 0 atom stereocenters. The van der Waals surface area contributed by atoms with Gasteiger partial charge in [0.1, 0.15) is 0 Å². The van der Waals surface area contributed by atoms with E-state index in [4.69, 9.17) is 2.74 Å². The lowest BCUT2D eigenvalue weighted by molar-refractivity contribution is -0.114. The fourth-order valence-corrected chi connectivity index (χ4v) is 0.601. The normalized spacial score (nSPS) is 11.7. The molecule has 52 valence electrons. The molecule has 0 fully saturated rings. The summed E-state index contributed by atoms with van der Waals surface area (Å²) in [6.07, 6.45) is 0. The van der Waals surface area contributed by atoms with E-state index in [1.807, 2.05) is 0 Å². The standard InChI is InChI=1S/C8H9NO/c1-7(10)9-8-5-3-2-4-6-8/h2-6H,1H3,(H,9,10)/i5D,6D. The number of nitrogens with one attached hydrogen (secondary N) is 1. The second-order valence-electron chi connectivity index (χ2n) is 1.87. The highest BCUT2D eigenvalue weighted by Gasteiger charge is 1.90. The minimum atomic E-state index is -0.261. The first-order valence-electron chi connectivity index (χ1n) is 3.95. The molecule has 1 N–H and O–H groups in total. The summed E-state index contributed by atoms with van der Waals surface area (Å²) in [5.41, 5.74) is 0.269. The van der Waals surface area contributed by atoms with Crippen LogP contribution in [-0.4, -0.2) is 5.91 Å². The molecule has 2 heteroatoms. The fourth-order valence-electron chi connectivity index (χ4n) is 0.601. The third kappa shape index (κ3) is 1.90. The molecule has 0 radical (unpaired) electrons. The van der Waals surface area contributed by atoms with E-state index in [-0.39, 0.29) is 23.7 Å². The molecule has 2 nitrogen and oxygen atoms in total. The molecular weight excluding hydrogens is 126 g/mol. The lowest BCUT2D eigenvalue weighted by Crippen LogP contribution is -2.04. The Kier molecular flexibility index (Phi) is 1.35. The van der Waals surface area contributed by atoms with Gasteiger partial charge in [-0.3, -0.25) is 4.79 Å². The summed E-state index contributed by atoms with van der Waals surface area (Å²) in [4.78, 5) is 10.6. The van der Waals surface area contributed by atoms with Gasteiger partial charge in [-0.05, 0) is 12.1 Å². The summed E-state index contributed by atoms with van der Waals surface area (Å²) in [5, 5.41) is 2.43. The Hall–Kier alpha value is -1.31. The van der Waals surface area contributed by atoms with Crippen molar-refractivity contribution in [1.29, 1.82) is 0 Å². The Balaban J connectivity index is 3.04. The third-order valence-corrected chi connectivity index (χ3v) is 0.949. The van der Waals surface area contributed by atoms with Gasteiger partial charge in [0.2, 0.25) is 5.91 Å². The van der Waals surface area contributed by atoms with E-state index >= 15 is 0 Å². The molecular formula is C8H9NO. The van der Waals surface area contributed by atoms with Gasteiger partial charge in [0.15, 0.2) is 0 Å². The van der Waals surface area contributed by atoms with E-state index in [2.05, 4.69) is 5.32 Å². The highest BCUT2D eigenvalue weighted by atomic mass is 16.1. The van der Waals surface area contributed by atoms with Crippen molar-refractivity contribution in [3.05, 3.63) is 30.3 Å². The lowest BCUT2D eigenvalue weighted by Gasteiger charge is -1.98. The molecule has 0 saturated heterocycles. The van der Waals surface area contributed by atoms with Crippen molar-refractivity contribution in [2.75, 3.05) is 5.32 Å². The summed E-state index contributed by atoms with van der Waals surface area (Å²) >= 11 is 0. The predicted octanol–water partition coefficient (Wildman–Crippen LogP) is 1.65. The zero-order chi connectivity index (χ0) is 9.14. The number of hydrogen-bond acceptors (Lipinski definition) is 1.